The maximum absolute atomic E-state index is 12.5. The van der Waals surface area contributed by atoms with Crippen LogP contribution in [0.5, 0.6) is 0 Å². The number of hydrogen-bond acceptors (Lipinski definition) is 3. The molecule has 0 bridgehead atoms. The molecule has 0 fully saturated rings. The summed E-state index contributed by atoms with van der Waals surface area (Å²) in [6.45, 7) is 11.1. The topological polar surface area (TPSA) is 46.1 Å². The molecule has 0 aromatic carbocycles. The Labute approximate surface area is 129 Å². The smallest absolute Gasteiger partial charge is 0.232 e. The van der Waals surface area contributed by atoms with E-state index in [0.29, 0.717) is 18.9 Å². The Balaban J connectivity index is 2.82. The molecule has 1 heterocycles. The van der Waals surface area contributed by atoms with Crippen LogP contribution in [0, 0.1) is 5.41 Å². The molecule has 118 valence electrons. The van der Waals surface area contributed by atoms with E-state index in [-0.39, 0.29) is 11.3 Å². The van der Waals surface area contributed by atoms with Gasteiger partial charge in [-0.25, -0.2) is 9.97 Å². The molecule has 0 saturated heterocycles. The van der Waals surface area contributed by atoms with Crippen molar-refractivity contribution in [3.8, 4) is 0 Å². The van der Waals surface area contributed by atoms with Crippen LogP contribution >= 0.6 is 0 Å². The molecule has 0 aliphatic carbocycles. The molecule has 21 heavy (non-hydrogen) atoms. The van der Waals surface area contributed by atoms with E-state index in [2.05, 4.69) is 44.6 Å². The van der Waals surface area contributed by atoms with Gasteiger partial charge in [0, 0.05) is 25.4 Å². The van der Waals surface area contributed by atoms with Gasteiger partial charge in [-0.05, 0) is 30.2 Å². The number of hydrogen-bond donors (Lipinski definition) is 0. The van der Waals surface area contributed by atoms with Gasteiger partial charge in [0.1, 0.15) is 0 Å². The molecule has 4 heteroatoms. The fourth-order valence-corrected chi connectivity index (χ4v) is 2.11. The van der Waals surface area contributed by atoms with Crippen molar-refractivity contribution < 1.29 is 4.79 Å². The van der Waals surface area contributed by atoms with Gasteiger partial charge >= 0.3 is 0 Å². The number of aryl methyl sites for hydroxylation is 1. The maximum atomic E-state index is 12.5. The monoisotopic (exact) mass is 291 g/mol. The average Bonchev–Trinajstić information content (AvgIpc) is 2.41. The first-order chi connectivity index (χ1) is 9.87. The Hall–Kier alpha value is -1.45. The van der Waals surface area contributed by atoms with Gasteiger partial charge in [-0.2, -0.15) is 0 Å². The van der Waals surface area contributed by atoms with E-state index in [4.69, 9.17) is 0 Å². The van der Waals surface area contributed by atoms with E-state index in [1.807, 2.05) is 12.4 Å². The molecule has 0 unspecified atom stereocenters. The van der Waals surface area contributed by atoms with E-state index in [0.717, 1.165) is 31.2 Å². The van der Waals surface area contributed by atoms with Crippen LogP contribution in [0.25, 0.3) is 0 Å². The minimum Gasteiger partial charge on any atom is -0.281 e. The van der Waals surface area contributed by atoms with Crippen LogP contribution in [0.3, 0.4) is 0 Å². The summed E-state index contributed by atoms with van der Waals surface area (Å²) in [7, 11) is 0. The van der Waals surface area contributed by atoms with E-state index < -0.39 is 0 Å². The normalized spacial score (nSPS) is 11.5. The molecule has 1 amide bonds. The largest absolute Gasteiger partial charge is 0.281 e. The third-order valence-corrected chi connectivity index (χ3v) is 3.18. The average molecular weight is 291 g/mol. The summed E-state index contributed by atoms with van der Waals surface area (Å²) < 4.78 is 0. The highest BCUT2D eigenvalue weighted by molar-refractivity contribution is 5.91. The third kappa shape index (κ3) is 6.23. The van der Waals surface area contributed by atoms with Crippen LogP contribution in [0.4, 0.5) is 5.95 Å². The molecule has 0 saturated carbocycles. The molecular weight excluding hydrogens is 262 g/mol. The number of rotatable bonds is 7. The Kier molecular flexibility index (Phi) is 6.79. The zero-order valence-electron chi connectivity index (χ0n) is 14.1. The summed E-state index contributed by atoms with van der Waals surface area (Å²) in [6, 6.07) is 0. The van der Waals surface area contributed by atoms with Crippen molar-refractivity contribution >= 4 is 11.9 Å². The van der Waals surface area contributed by atoms with Gasteiger partial charge in [0.2, 0.25) is 11.9 Å². The number of nitrogens with zero attached hydrogens (tertiary/aromatic N) is 3. The molecule has 1 aromatic rings. The molecule has 0 atom stereocenters. The van der Waals surface area contributed by atoms with E-state index >= 15 is 0 Å². The predicted molar refractivity (Wildman–Crippen MR) is 87.4 cm³/mol. The fourth-order valence-electron chi connectivity index (χ4n) is 2.11. The number of carbonyl (C=O) groups excluding carboxylic acids is 1. The fraction of sp³-hybridized carbons (Fsp3) is 0.706. The zero-order valence-corrected chi connectivity index (χ0v) is 14.1. The van der Waals surface area contributed by atoms with Crippen molar-refractivity contribution in [1.29, 1.82) is 0 Å². The summed E-state index contributed by atoms with van der Waals surface area (Å²) in [6.07, 6.45) is 8.42. The van der Waals surface area contributed by atoms with Crippen LogP contribution in [-0.2, 0) is 11.2 Å². The van der Waals surface area contributed by atoms with Crippen LogP contribution in [0.15, 0.2) is 12.4 Å². The summed E-state index contributed by atoms with van der Waals surface area (Å²) >= 11 is 0. The van der Waals surface area contributed by atoms with Crippen molar-refractivity contribution in [2.24, 2.45) is 5.41 Å². The summed E-state index contributed by atoms with van der Waals surface area (Å²) in [5.41, 5.74) is 1.12. The van der Waals surface area contributed by atoms with Crippen LogP contribution in [-0.4, -0.2) is 22.4 Å². The van der Waals surface area contributed by atoms with Crippen molar-refractivity contribution in [2.45, 2.75) is 66.7 Å². The van der Waals surface area contributed by atoms with Gasteiger partial charge in [-0.1, -0.05) is 41.0 Å². The Morgan fingerprint density at radius 1 is 1.14 bits per heavy atom. The molecular formula is C17H29N3O. The molecule has 0 N–H and O–H groups in total. The number of amides is 1. The summed E-state index contributed by atoms with van der Waals surface area (Å²) in [5.74, 6) is 0.636. The number of unbranched alkanes of at least 4 members (excludes halogenated alkanes) is 1. The standard InChI is InChI=1S/C17H29N3O/c1-6-8-9-14-12-18-16(19-13-14)20(10-7-2)15(21)11-17(3,4)5/h12-13H,6-11H2,1-5H3. The van der Waals surface area contributed by atoms with E-state index in [9.17, 15) is 4.79 Å². The van der Waals surface area contributed by atoms with Crippen molar-refractivity contribution in [3.05, 3.63) is 18.0 Å². The Bertz CT molecular complexity index is 434. The second-order valence-electron chi connectivity index (χ2n) is 6.78. The minimum atomic E-state index is -0.0237. The van der Waals surface area contributed by atoms with Gasteiger partial charge in [0.15, 0.2) is 0 Å². The first-order valence-electron chi connectivity index (χ1n) is 7.98. The lowest BCUT2D eigenvalue weighted by Gasteiger charge is -2.24. The summed E-state index contributed by atoms with van der Waals surface area (Å²) in [4.78, 5) is 23.0. The lowest BCUT2D eigenvalue weighted by Crippen LogP contribution is -2.35. The Morgan fingerprint density at radius 3 is 2.24 bits per heavy atom. The second kappa shape index (κ2) is 8.11. The number of anilines is 1. The predicted octanol–water partition coefficient (Wildman–Crippen LogP) is 4.00. The molecule has 4 nitrogen and oxygen atoms in total. The van der Waals surface area contributed by atoms with Crippen LogP contribution < -0.4 is 4.90 Å². The second-order valence-corrected chi connectivity index (χ2v) is 6.78. The van der Waals surface area contributed by atoms with Crippen LogP contribution in [0.2, 0.25) is 0 Å². The van der Waals surface area contributed by atoms with Crippen molar-refractivity contribution in [3.63, 3.8) is 0 Å². The molecule has 0 radical (unpaired) electrons. The molecule has 1 aromatic heterocycles. The van der Waals surface area contributed by atoms with E-state index in [1.165, 1.54) is 0 Å². The first kappa shape index (κ1) is 17.6. The lowest BCUT2D eigenvalue weighted by molar-refractivity contribution is -0.120. The highest BCUT2D eigenvalue weighted by Crippen LogP contribution is 2.21. The third-order valence-electron chi connectivity index (χ3n) is 3.18. The van der Waals surface area contributed by atoms with Gasteiger partial charge in [0.25, 0.3) is 0 Å². The van der Waals surface area contributed by atoms with Gasteiger partial charge in [-0.3, -0.25) is 9.69 Å². The first-order valence-corrected chi connectivity index (χ1v) is 7.98. The quantitative estimate of drug-likeness (QED) is 0.763. The highest BCUT2D eigenvalue weighted by atomic mass is 16.2. The highest BCUT2D eigenvalue weighted by Gasteiger charge is 2.23. The molecule has 0 aliphatic heterocycles. The van der Waals surface area contributed by atoms with E-state index in [1.54, 1.807) is 4.90 Å². The van der Waals surface area contributed by atoms with Gasteiger partial charge < -0.3 is 0 Å². The van der Waals surface area contributed by atoms with Gasteiger partial charge in [-0.15, -0.1) is 0 Å². The number of aromatic nitrogens is 2. The number of carbonyl (C=O) groups is 1. The molecule has 0 spiro atoms. The lowest BCUT2D eigenvalue weighted by atomic mass is 9.91. The Morgan fingerprint density at radius 2 is 1.76 bits per heavy atom. The van der Waals surface area contributed by atoms with Gasteiger partial charge in [0.05, 0.1) is 0 Å². The maximum Gasteiger partial charge on any atom is 0.232 e. The zero-order chi connectivity index (χ0) is 15.9. The minimum absolute atomic E-state index is 0.0237. The van der Waals surface area contributed by atoms with Crippen LogP contribution in [0.1, 0.15) is 65.9 Å². The summed E-state index contributed by atoms with van der Waals surface area (Å²) in [5, 5.41) is 0. The van der Waals surface area contributed by atoms with Crippen molar-refractivity contribution in [1.82, 2.24) is 9.97 Å². The van der Waals surface area contributed by atoms with Crippen molar-refractivity contribution in [2.75, 3.05) is 11.4 Å². The molecule has 1 rings (SSSR count). The molecule has 0 aliphatic rings. The SMILES string of the molecule is CCCCc1cnc(N(CCC)C(=O)CC(C)(C)C)nc1.